The van der Waals surface area contributed by atoms with Gasteiger partial charge in [-0.2, -0.15) is 0 Å². The fourth-order valence-electron chi connectivity index (χ4n) is 4.16. The zero-order valence-corrected chi connectivity index (χ0v) is 22.1. The van der Waals surface area contributed by atoms with Crippen LogP contribution in [0.4, 0.5) is 0 Å². The van der Waals surface area contributed by atoms with E-state index >= 15 is 0 Å². The molecular weight excluding hydrogens is 462 g/mol. The highest BCUT2D eigenvalue weighted by Gasteiger charge is 2.37. The van der Waals surface area contributed by atoms with Crippen LogP contribution in [0.2, 0.25) is 0 Å². The fraction of sp³-hybridized carbons (Fsp3) is 0.464. The van der Waals surface area contributed by atoms with Crippen LogP contribution >= 0.6 is 0 Å². The minimum atomic E-state index is -1.42. The first-order chi connectivity index (χ1) is 17.1. The molecule has 0 heterocycles. The molecule has 1 atom stereocenters. The van der Waals surface area contributed by atoms with E-state index in [9.17, 15) is 14.4 Å². The zero-order valence-electron chi connectivity index (χ0n) is 22.1. The standard InChI is InChI=1S/C28H37NO7/c1-20-24(33-4)18-23(19-25(20)34-5)26(31)29(16-10-14-22-12-8-7-9-13-22)17-11-15-28(3,27(32)35-6)36-21(2)30/h7-9,12-13,18-19H,10-11,14-17H2,1-6H3. The van der Waals surface area contributed by atoms with Crippen LogP contribution in [0.15, 0.2) is 42.5 Å². The highest BCUT2D eigenvalue weighted by atomic mass is 16.6. The molecule has 8 heteroatoms. The number of nitrogens with zero attached hydrogens (tertiary/aromatic N) is 1. The van der Waals surface area contributed by atoms with E-state index in [0.29, 0.717) is 36.6 Å². The smallest absolute Gasteiger partial charge is 0.350 e. The van der Waals surface area contributed by atoms with E-state index in [1.807, 2.05) is 25.1 Å². The van der Waals surface area contributed by atoms with Gasteiger partial charge in [-0.3, -0.25) is 9.59 Å². The lowest BCUT2D eigenvalue weighted by Gasteiger charge is -2.28. The van der Waals surface area contributed by atoms with Crippen LogP contribution < -0.4 is 9.47 Å². The lowest BCUT2D eigenvalue weighted by atomic mass is 9.99. The molecule has 0 saturated carbocycles. The molecule has 0 spiro atoms. The van der Waals surface area contributed by atoms with E-state index in [0.717, 1.165) is 18.4 Å². The van der Waals surface area contributed by atoms with Gasteiger partial charge in [0, 0.05) is 31.1 Å². The van der Waals surface area contributed by atoms with Crippen molar-refractivity contribution in [2.24, 2.45) is 0 Å². The number of amides is 1. The maximum atomic E-state index is 13.6. The number of ether oxygens (including phenoxy) is 4. The first-order valence-corrected chi connectivity index (χ1v) is 12.0. The lowest BCUT2D eigenvalue weighted by molar-refractivity contribution is -0.178. The predicted molar refractivity (Wildman–Crippen MR) is 136 cm³/mol. The Kier molecular flexibility index (Phi) is 10.8. The molecule has 196 valence electrons. The summed E-state index contributed by atoms with van der Waals surface area (Å²) in [6.45, 7) is 5.51. The SMILES string of the molecule is COC(=O)C(C)(CCCN(CCCc1ccccc1)C(=O)c1cc(OC)c(C)c(OC)c1)OC(C)=O. The fourth-order valence-corrected chi connectivity index (χ4v) is 4.16. The van der Waals surface area contributed by atoms with Gasteiger partial charge in [-0.25, -0.2) is 4.79 Å². The Labute approximate surface area is 213 Å². The summed E-state index contributed by atoms with van der Waals surface area (Å²) in [5, 5.41) is 0. The van der Waals surface area contributed by atoms with Crippen molar-refractivity contribution >= 4 is 17.8 Å². The van der Waals surface area contributed by atoms with Crippen LogP contribution in [0.25, 0.3) is 0 Å². The number of methoxy groups -OCH3 is 3. The first-order valence-electron chi connectivity index (χ1n) is 12.0. The number of esters is 2. The third kappa shape index (κ3) is 7.73. The maximum Gasteiger partial charge on any atom is 0.350 e. The van der Waals surface area contributed by atoms with Crippen molar-refractivity contribution < 1.29 is 33.3 Å². The summed E-state index contributed by atoms with van der Waals surface area (Å²) in [6, 6.07) is 13.5. The van der Waals surface area contributed by atoms with Gasteiger partial charge in [0.05, 0.1) is 21.3 Å². The molecule has 0 bridgehead atoms. The minimum Gasteiger partial charge on any atom is -0.496 e. The molecule has 0 N–H and O–H groups in total. The summed E-state index contributed by atoms with van der Waals surface area (Å²) in [4.78, 5) is 39.2. The molecule has 2 rings (SSSR count). The molecule has 2 aromatic rings. The number of aryl methyl sites for hydroxylation is 1. The molecule has 0 fully saturated rings. The average Bonchev–Trinajstić information content (AvgIpc) is 2.87. The zero-order chi connectivity index (χ0) is 26.7. The molecule has 36 heavy (non-hydrogen) atoms. The van der Waals surface area contributed by atoms with Crippen LogP contribution in [-0.4, -0.2) is 62.8 Å². The van der Waals surface area contributed by atoms with Gasteiger partial charge < -0.3 is 23.8 Å². The van der Waals surface area contributed by atoms with Gasteiger partial charge in [0.15, 0.2) is 0 Å². The second-order valence-electron chi connectivity index (χ2n) is 8.81. The predicted octanol–water partition coefficient (Wildman–Crippen LogP) is 4.36. The molecule has 0 aliphatic carbocycles. The largest absolute Gasteiger partial charge is 0.496 e. The average molecular weight is 500 g/mol. The van der Waals surface area contributed by atoms with Crippen LogP contribution in [0.1, 0.15) is 54.6 Å². The second-order valence-corrected chi connectivity index (χ2v) is 8.81. The van der Waals surface area contributed by atoms with Gasteiger partial charge in [0.25, 0.3) is 5.91 Å². The van der Waals surface area contributed by atoms with Gasteiger partial charge in [-0.05, 0) is 57.2 Å². The third-order valence-corrected chi connectivity index (χ3v) is 6.09. The molecule has 1 amide bonds. The van der Waals surface area contributed by atoms with Crippen molar-refractivity contribution in [3.8, 4) is 11.5 Å². The number of carbonyl (C=O) groups is 3. The normalized spacial score (nSPS) is 12.3. The van der Waals surface area contributed by atoms with E-state index < -0.39 is 17.5 Å². The van der Waals surface area contributed by atoms with Crippen LogP contribution in [0, 0.1) is 6.92 Å². The van der Waals surface area contributed by atoms with Crippen LogP contribution in [0.3, 0.4) is 0 Å². The Morgan fingerprint density at radius 1 is 0.917 bits per heavy atom. The quantitative estimate of drug-likeness (QED) is 0.378. The Morgan fingerprint density at radius 3 is 2.03 bits per heavy atom. The maximum absolute atomic E-state index is 13.6. The van der Waals surface area contributed by atoms with Crippen molar-refractivity contribution in [1.82, 2.24) is 4.90 Å². The molecule has 2 aromatic carbocycles. The van der Waals surface area contributed by atoms with Gasteiger partial charge in [-0.15, -0.1) is 0 Å². The lowest BCUT2D eigenvalue weighted by Crippen LogP contribution is -2.42. The summed E-state index contributed by atoms with van der Waals surface area (Å²) >= 11 is 0. The van der Waals surface area contributed by atoms with Gasteiger partial charge in [0.1, 0.15) is 11.5 Å². The Bertz CT molecular complexity index is 1010. The topological polar surface area (TPSA) is 91.4 Å². The number of hydrogen-bond acceptors (Lipinski definition) is 7. The van der Waals surface area contributed by atoms with Gasteiger partial charge in [0.2, 0.25) is 5.60 Å². The molecular formula is C28H37NO7. The number of carbonyl (C=O) groups excluding carboxylic acids is 3. The molecule has 0 aliphatic heterocycles. The van der Waals surface area contributed by atoms with E-state index in [2.05, 4.69) is 12.1 Å². The van der Waals surface area contributed by atoms with Gasteiger partial charge >= 0.3 is 11.9 Å². The van der Waals surface area contributed by atoms with Crippen molar-refractivity contribution in [3.05, 3.63) is 59.2 Å². The molecule has 0 aromatic heterocycles. The van der Waals surface area contributed by atoms with Crippen molar-refractivity contribution in [2.75, 3.05) is 34.4 Å². The molecule has 1 unspecified atom stereocenters. The number of hydrogen-bond donors (Lipinski definition) is 0. The monoisotopic (exact) mass is 499 g/mol. The Morgan fingerprint density at radius 2 is 1.50 bits per heavy atom. The summed E-state index contributed by atoms with van der Waals surface area (Å²) in [5.74, 6) is -0.248. The number of benzene rings is 2. The van der Waals surface area contributed by atoms with Crippen LogP contribution in [-0.2, 0) is 25.5 Å². The highest BCUT2D eigenvalue weighted by Crippen LogP contribution is 2.30. The van der Waals surface area contributed by atoms with Crippen LogP contribution in [0.5, 0.6) is 11.5 Å². The Hall–Kier alpha value is -3.55. The summed E-state index contributed by atoms with van der Waals surface area (Å²) in [6.07, 6.45) is 2.21. The van der Waals surface area contributed by atoms with Crippen molar-refractivity contribution in [2.45, 2.75) is 52.1 Å². The van der Waals surface area contributed by atoms with E-state index in [1.165, 1.54) is 26.5 Å². The van der Waals surface area contributed by atoms with E-state index in [1.54, 1.807) is 31.3 Å². The highest BCUT2D eigenvalue weighted by molar-refractivity contribution is 5.95. The van der Waals surface area contributed by atoms with E-state index in [4.69, 9.17) is 18.9 Å². The van der Waals surface area contributed by atoms with Gasteiger partial charge in [-0.1, -0.05) is 30.3 Å². The molecule has 0 radical (unpaired) electrons. The van der Waals surface area contributed by atoms with Crippen molar-refractivity contribution in [3.63, 3.8) is 0 Å². The van der Waals surface area contributed by atoms with E-state index in [-0.39, 0.29) is 12.3 Å². The third-order valence-electron chi connectivity index (χ3n) is 6.09. The summed E-state index contributed by atoms with van der Waals surface area (Å²) in [7, 11) is 4.36. The molecule has 0 saturated heterocycles. The second kappa shape index (κ2) is 13.5. The summed E-state index contributed by atoms with van der Waals surface area (Å²) < 4.78 is 21.0. The minimum absolute atomic E-state index is 0.174. The molecule has 8 nitrogen and oxygen atoms in total. The number of rotatable bonds is 13. The summed E-state index contributed by atoms with van der Waals surface area (Å²) in [5.41, 5.74) is 1.03. The Balaban J connectivity index is 2.23. The first kappa shape index (κ1) is 28.7. The molecule has 0 aliphatic rings. The van der Waals surface area contributed by atoms with Crippen molar-refractivity contribution in [1.29, 1.82) is 0 Å².